The molecule has 4 rings (SSSR count). The van der Waals surface area contributed by atoms with E-state index in [1.807, 2.05) is 11.1 Å². The Morgan fingerprint density at radius 2 is 1.97 bits per heavy atom. The molecular weight excluding hydrogens is 382 g/mol. The highest BCUT2D eigenvalue weighted by Crippen LogP contribution is 2.56. The number of hydrogen-bond acceptors (Lipinski definition) is 5. The van der Waals surface area contributed by atoms with Crippen molar-refractivity contribution in [3.8, 4) is 0 Å². The SMILES string of the molecule is CC(=CCN1CN(C)C2NCNC(N)C21)CC[C@]1(C)C2=C(CC[C@H]1C)C(C)(C)CCC2. The second-order valence-electron chi connectivity index (χ2n) is 11.8. The third-order valence-corrected chi connectivity index (χ3v) is 9.37. The van der Waals surface area contributed by atoms with Crippen molar-refractivity contribution in [2.45, 2.75) is 97.9 Å². The summed E-state index contributed by atoms with van der Waals surface area (Å²) in [6.07, 6.45) is 12.1. The lowest BCUT2D eigenvalue weighted by Crippen LogP contribution is -2.67. The molecule has 0 radical (unpaired) electrons. The van der Waals surface area contributed by atoms with Crippen LogP contribution in [0.3, 0.4) is 0 Å². The van der Waals surface area contributed by atoms with Crippen molar-refractivity contribution in [3.05, 3.63) is 22.8 Å². The van der Waals surface area contributed by atoms with Crippen LogP contribution in [-0.2, 0) is 0 Å². The van der Waals surface area contributed by atoms with Gasteiger partial charge in [-0.1, -0.05) is 50.5 Å². The minimum Gasteiger partial charge on any atom is -0.314 e. The van der Waals surface area contributed by atoms with E-state index < -0.39 is 0 Å². The Kier molecular flexibility index (Phi) is 6.73. The van der Waals surface area contributed by atoms with Crippen LogP contribution in [0.25, 0.3) is 0 Å². The smallest absolute Gasteiger partial charge is 0.0804 e. The van der Waals surface area contributed by atoms with Gasteiger partial charge in [-0.15, -0.1) is 0 Å². The highest BCUT2D eigenvalue weighted by Gasteiger charge is 2.45. The van der Waals surface area contributed by atoms with E-state index in [9.17, 15) is 0 Å². The molecule has 0 saturated carbocycles. The van der Waals surface area contributed by atoms with Crippen molar-refractivity contribution in [2.24, 2.45) is 22.5 Å². The molecule has 4 N–H and O–H groups in total. The first kappa shape index (κ1) is 23.4. The molecule has 2 aliphatic heterocycles. The Morgan fingerprint density at radius 3 is 2.74 bits per heavy atom. The van der Waals surface area contributed by atoms with Gasteiger partial charge in [-0.3, -0.25) is 20.4 Å². The maximum absolute atomic E-state index is 6.41. The van der Waals surface area contributed by atoms with Gasteiger partial charge in [0.05, 0.1) is 25.0 Å². The molecule has 0 aromatic heterocycles. The monoisotopic (exact) mass is 429 g/mol. The van der Waals surface area contributed by atoms with Crippen LogP contribution in [0.4, 0.5) is 0 Å². The van der Waals surface area contributed by atoms with E-state index in [1.54, 1.807) is 0 Å². The lowest BCUT2D eigenvalue weighted by Gasteiger charge is -2.50. The van der Waals surface area contributed by atoms with Gasteiger partial charge >= 0.3 is 0 Å². The van der Waals surface area contributed by atoms with Gasteiger partial charge < -0.3 is 5.73 Å². The number of likely N-dealkylation sites (N-methyl/N-ethyl adjacent to an activating group) is 1. The first-order valence-electron chi connectivity index (χ1n) is 12.7. The molecule has 31 heavy (non-hydrogen) atoms. The summed E-state index contributed by atoms with van der Waals surface area (Å²) < 4.78 is 0. The van der Waals surface area contributed by atoms with Crippen molar-refractivity contribution in [1.82, 2.24) is 20.4 Å². The van der Waals surface area contributed by atoms with Crippen molar-refractivity contribution >= 4 is 0 Å². The molecule has 0 spiro atoms. The number of nitrogens with two attached hydrogens (primary N) is 1. The van der Waals surface area contributed by atoms with Gasteiger partial charge in [0.15, 0.2) is 0 Å². The molecule has 3 unspecified atom stereocenters. The van der Waals surface area contributed by atoms with Crippen LogP contribution in [0, 0.1) is 16.7 Å². The van der Waals surface area contributed by atoms with Gasteiger partial charge in [0.2, 0.25) is 0 Å². The number of rotatable bonds is 5. The quantitative estimate of drug-likeness (QED) is 0.577. The molecule has 0 bridgehead atoms. The molecule has 5 nitrogen and oxygen atoms in total. The van der Waals surface area contributed by atoms with Gasteiger partial charge in [-0.2, -0.15) is 0 Å². The molecule has 0 amide bonds. The fraction of sp³-hybridized carbons (Fsp3) is 0.846. The Hall–Kier alpha value is -0.720. The van der Waals surface area contributed by atoms with Gasteiger partial charge in [0.1, 0.15) is 0 Å². The van der Waals surface area contributed by atoms with Crippen molar-refractivity contribution in [1.29, 1.82) is 0 Å². The summed E-state index contributed by atoms with van der Waals surface area (Å²) in [6, 6.07) is 0.330. The zero-order valence-corrected chi connectivity index (χ0v) is 20.9. The number of nitrogens with one attached hydrogen (secondary N) is 2. The van der Waals surface area contributed by atoms with E-state index in [-0.39, 0.29) is 6.17 Å². The maximum Gasteiger partial charge on any atom is 0.0804 e. The Labute approximate surface area is 190 Å². The molecule has 5 atom stereocenters. The molecule has 0 aromatic rings. The Bertz CT molecular complexity index is 725. The molecule has 2 aliphatic carbocycles. The predicted octanol–water partition coefficient (Wildman–Crippen LogP) is 3.99. The highest BCUT2D eigenvalue weighted by atomic mass is 15.5. The van der Waals surface area contributed by atoms with Crippen LogP contribution in [0.15, 0.2) is 22.8 Å². The van der Waals surface area contributed by atoms with E-state index >= 15 is 0 Å². The second-order valence-corrected chi connectivity index (χ2v) is 11.8. The van der Waals surface area contributed by atoms with Crippen LogP contribution in [-0.4, -0.2) is 55.1 Å². The summed E-state index contributed by atoms with van der Waals surface area (Å²) in [4.78, 5) is 4.91. The summed E-state index contributed by atoms with van der Waals surface area (Å²) in [6.45, 7) is 15.2. The van der Waals surface area contributed by atoms with Crippen molar-refractivity contribution in [3.63, 3.8) is 0 Å². The van der Waals surface area contributed by atoms with Gasteiger partial charge in [0, 0.05) is 13.2 Å². The standard InChI is InChI=1S/C26H47N5/c1-18(12-15-31-17-30(6)24-22(31)23(27)28-16-29-24)11-14-26(5)19(2)9-10-20-21(26)8-7-13-25(20,3)4/h12,19,22-24,28-29H,7-11,13-17,27H2,1-6H3/t19-,22?,23?,24?,26+/m1/s1. The van der Waals surface area contributed by atoms with Gasteiger partial charge in [-0.05, 0) is 75.7 Å². The van der Waals surface area contributed by atoms with E-state index in [1.165, 1.54) is 50.5 Å². The topological polar surface area (TPSA) is 56.6 Å². The number of hydrogen-bond donors (Lipinski definition) is 3. The first-order chi connectivity index (χ1) is 14.6. The maximum atomic E-state index is 6.41. The van der Waals surface area contributed by atoms with Crippen LogP contribution >= 0.6 is 0 Å². The molecule has 4 aliphatic rings. The Morgan fingerprint density at radius 1 is 1.19 bits per heavy atom. The number of nitrogens with zero attached hydrogens (tertiary/aromatic N) is 2. The minimum atomic E-state index is 0.0342. The van der Waals surface area contributed by atoms with Crippen LogP contribution in [0.1, 0.15) is 79.6 Å². The van der Waals surface area contributed by atoms with Crippen molar-refractivity contribution < 1.29 is 0 Å². The number of fused-ring (bicyclic) bond motifs is 1. The fourth-order valence-corrected chi connectivity index (χ4v) is 6.95. The molecule has 2 saturated heterocycles. The summed E-state index contributed by atoms with van der Waals surface area (Å²) in [5, 5.41) is 6.93. The minimum absolute atomic E-state index is 0.0342. The van der Waals surface area contributed by atoms with E-state index in [2.05, 4.69) is 68.2 Å². The number of allylic oxidation sites excluding steroid dienone is 3. The Balaban J connectivity index is 1.42. The normalized spacial score (nSPS) is 39.5. The molecule has 5 heteroatoms. The average Bonchev–Trinajstić information content (AvgIpc) is 3.05. The van der Waals surface area contributed by atoms with Gasteiger partial charge in [0.25, 0.3) is 0 Å². The average molecular weight is 430 g/mol. The first-order valence-corrected chi connectivity index (χ1v) is 12.7. The molecule has 176 valence electrons. The third kappa shape index (κ3) is 4.41. The summed E-state index contributed by atoms with van der Waals surface area (Å²) >= 11 is 0. The highest BCUT2D eigenvalue weighted by molar-refractivity contribution is 5.32. The van der Waals surface area contributed by atoms with E-state index in [0.717, 1.165) is 25.8 Å². The zero-order valence-electron chi connectivity index (χ0n) is 20.9. The van der Waals surface area contributed by atoms with E-state index in [4.69, 9.17) is 5.73 Å². The molecule has 2 fully saturated rings. The lowest BCUT2D eigenvalue weighted by molar-refractivity contribution is 0.158. The predicted molar refractivity (Wildman–Crippen MR) is 130 cm³/mol. The van der Waals surface area contributed by atoms with Crippen LogP contribution in [0.2, 0.25) is 0 Å². The molecule has 2 heterocycles. The molecule has 0 aromatic carbocycles. The van der Waals surface area contributed by atoms with Gasteiger partial charge in [-0.25, -0.2) is 0 Å². The van der Waals surface area contributed by atoms with E-state index in [0.29, 0.717) is 23.0 Å². The largest absolute Gasteiger partial charge is 0.314 e. The summed E-state index contributed by atoms with van der Waals surface area (Å²) in [5.41, 5.74) is 12.4. The second kappa shape index (κ2) is 8.90. The van der Waals surface area contributed by atoms with Crippen LogP contribution in [0.5, 0.6) is 0 Å². The summed E-state index contributed by atoms with van der Waals surface area (Å²) in [5.74, 6) is 0.790. The molecular formula is C26H47N5. The fourth-order valence-electron chi connectivity index (χ4n) is 6.95. The lowest BCUT2D eigenvalue weighted by atomic mass is 9.55. The van der Waals surface area contributed by atoms with Crippen LogP contribution < -0.4 is 16.4 Å². The summed E-state index contributed by atoms with van der Waals surface area (Å²) in [7, 11) is 2.20. The zero-order chi connectivity index (χ0) is 22.4. The van der Waals surface area contributed by atoms with Crippen molar-refractivity contribution in [2.75, 3.05) is 26.9 Å². The third-order valence-electron chi connectivity index (χ3n) is 9.37.